The second-order valence-corrected chi connectivity index (χ2v) is 4.18. The SMILES string of the molecule is CC(=O)Nc1cccc2c1C(=O)[C@@H](C(C)=O)C2=O. The summed E-state index contributed by atoms with van der Waals surface area (Å²) in [6.07, 6.45) is 0. The van der Waals surface area contributed by atoms with Gasteiger partial charge in [0.25, 0.3) is 0 Å². The fraction of sp³-hybridized carbons (Fsp3) is 0.231. The number of fused-ring (bicyclic) bond motifs is 1. The highest BCUT2D eigenvalue weighted by Crippen LogP contribution is 2.32. The number of amides is 1. The Morgan fingerprint density at radius 3 is 2.33 bits per heavy atom. The van der Waals surface area contributed by atoms with Crippen LogP contribution in [0.2, 0.25) is 0 Å². The summed E-state index contributed by atoms with van der Waals surface area (Å²) < 4.78 is 0. The molecule has 2 rings (SSSR count). The fourth-order valence-electron chi connectivity index (χ4n) is 2.11. The van der Waals surface area contributed by atoms with Crippen LogP contribution >= 0.6 is 0 Å². The van der Waals surface area contributed by atoms with Crippen LogP contribution in [-0.4, -0.2) is 23.3 Å². The van der Waals surface area contributed by atoms with Crippen molar-refractivity contribution >= 4 is 28.9 Å². The Kier molecular flexibility index (Phi) is 2.82. The fourth-order valence-corrected chi connectivity index (χ4v) is 2.11. The van der Waals surface area contributed by atoms with E-state index >= 15 is 0 Å². The zero-order valence-corrected chi connectivity index (χ0v) is 9.94. The van der Waals surface area contributed by atoms with Crippen molar-refractivity contribution in [1.29, 1.82) is 0 Å². The van der Waals surface area contributed by atoms with E-state index in [4.69, 9.17) is 0 Å². The Morgan fingerprint density at radius 1 is 1.11 bits per heavy atom. The Hall–Kier alpha value is -2.30. The Morgan fingerprint density at radius 2 is 1.78 bits per heavy atom. The molecule has 5 heteroatoms. The molecule has 0 fully saturated rings. The minimum absolute atomic E-state index is 0.137. The second-order valence-electron chi connectivity index (χ2n) is 4.18. The number of hydrogen-bond acceptors (Lipinski definition) is 4. The lowest BCUT2D eigenvalue weighted by Gasteiger charge is -2.06. The van der Waals surface area contributed by atoms with Crippen LogP contribution in [0.3, 0.4) is 0 Å². The van der Waals surface area contributed by atoms with Gasteiger partial charge in [-0.1, -0.05) is 12.1 Å². The third-order valence-corrected chi connectivity index (χ3v) is 2.82. The molecule has 5 nitrogen and oxygen atoms in total. The third-order valence-electron chi connectivity index (χ3n) is 2.82. The molecule has 0 aliphatic heterocycles. The first kappa shape index (κ1) is 12.2. The van der Waals surface area contributed by atoms with Gasteiger partial charge in [0.05, 0.1) is 11.3 Å². The molecule has 0 radical (unpaired) electrons. The Balaban J connectivity index is 2.57. The van der Waals surface area contributed by atoms with Crippen molar-refractivity contribution in [3.8, 4) is 0 Å². The van der Waals surface area contributed by atoms with Crippen molar-refractivity contribution < 1.29 is 19.2 Å². The molecule has 1 aromatic rings. The number of ketones is 3. The summed E-state index contributed by atoms with van der Waals surface area (Å²) in [4.78, 5) is 46.4. The van der Waals surface area contributed by atoms with E-state index in [-0.39, 0.29) is 22.7 Å². The molecule has 1 aliphatic rings. The van der Waals surface area contributed by atoms with Crippen molar-refractivity contribution in [3.63, 3.8) is 0 Å². The van der Waals surface area contributed by atoms with Gasteiger partial charge in [0.15, 0.2) is 11.6 Å². The molecular weight excluding hydrogens is 234 g/mol. The summed E-state index contributed by atoms with van der Waals surface area (Å²) in [5.74, 6) is -3.10. The van der Waals surface area contributed by atoms with E-state index in [0.717, 1.165) is 0 Å². The van der Waals surface area contributed by atoms with Crippen LogP contribution in [0.25, 0.3) is 0 Å². The van der Waals surface area contributed by atoms with Gasteiger partial charge < -0.3 is 5.32 Å². The van der Waals surface area contributed by atoms with E-state index < -0.39 is 23.3 Å². The third kappa shape index (κ3) is 1.73. The zero-order valence-electron chi connectivity index (χ0n) is 9.94. The quantitative estimate of drug-likeness (QED) is 0.794. The molecule has 1 aromatic carbocycles. The largest absolute Gasteiger partial charge is 0.326 e. The molecule has 1 atom stereocenters. The maximum Gasteiger partial charge on any atom is 0.221 e. The van der Waals surface area contributed by atoms with Crippen molar-refractivity contribution in [2.24, 2.45) is 5.92 Å². The van der Waals surface area contributed by atoms with Crippen LogP contribution in [-0.2, 0) is 9.59 Å². The lowest BCUT2D eigenvalue weighted by Crippen LogP contribution is -2.23. The summed E-state index contributed by atoms with van der Waals surface area (Å²) in [7, 11) is 0. The molecule has 0 bridgehead atoms. The monoisotopic (exact) mass is 245 g/mol. The van der Waals surface area contributed by atoms with Crippen LogP contribution in [0.4, 0.5) is 5.69 Å². The average molecular weight is 245 g/mol. The molecule has 0 unspecified atom stereocenters. The summed E-state index contributed by atoms with van der Waals surface area (Å²) in [6.45, 7) is 2.52. The van der Waals surface area contributed by atoms with Gasteiger partial charge in [-0.15, -0.1) is 0 Å². The second kappa shape index (κ2) is 4.18. The zero-order chi connectivity index (χ0) is 13.4. The van der Waals surface area contributed by atoms with Gasteiger partial charge in [-0.25, -0.2) is 0 Å². The van der Waals surface area contributed by atoms with Crippen molar-refractivity contribution in [3.05, 3.63) is 29.3 Å². The predicted molar refractivity (Wildman–Crippen MR) is 63.6 cm³/mol. The summed E-state index contributed by atoms with van der Waals surface area (Å²) in [5, 5.41) is 2.49. The number of carbonyl (C=O) groups is 4. The first-order chi connectivity index (χ1) is 8.43. The molecule has 1 aliphatic carbocycles. The molecule has 0 aromatic heterocycles. The van der Waals surface area contributed by atoms with Crippen LogP contribution in [0, 0.1) is 5.92 Å². The molecule has 18 heavy (non-hydrogen) atoms. The lowest BCUT2D eigenvalue weighted by atomic mass is 10.00. The predicted octanol–water partition coefficient (Wildman–Crippen LogP) is 1.23. The number of rotatable bonds is 2. The van der Waals surface area contributed by atoms with Crippen molar-refractivity contribution in [2.75, 3.05) is 5.32 Å². The number of carbonyl (C=O) groups excluding carboxylic acids is 4. The highest BCUT2D eigenvalue weighted by molar-refractivity contribution is 6.36. The Bertz CT molecular complexity index is 589. The van der Waals surface area contributed by atoms with Gasteiger partial charge in [0.1, 0.15) is 11.7 Å². The average Bonchev–Trinajstić information content (AvgIpc) is 2.51. The van der Waals surface area contributed by atoms with Gasteiger partial charge in [-0.2, -0.15) is 0 Å². The molecule has 1 amide bonds. The summed E-state index contributed by atoms with van der Waals surface area (Å²) in [6, 6.07) is 4.59. The lowest BCUT2D eigenvalue weighted by molar-refractivity contribution is -0.118. The first-order valence-electron chi connectivity index (χ1n) is 5.43. The number of Topliss-reactive ketones (excluding diaryl/α,β-unsaturated/α-hetero) is 3. The van der Waals surface area contributed by atoms with E-state index in [9.17, 15) is 19.2 Å². The number of nitrogens with one attached hydrogen (secondary N) is 1. The van der Waals surface area contributed by atoms with E-state index in [1.807, 2.05) is 0 Å². The Labute approximate surface area is 103 Å². The van der Waals surface area contributed by atoms with Crippen LogP contribution in [0.1, 0.15) is 34.6 Å². The maximum absolute atomic E-state index is 12.1. The smallest absolute Gasteiger partial charge is 0.221 e. The normalized spacial score (nSPS) is 17.6. The van der Waals surface area contributed by atoms with E-state index in [0.29, 0.717) is 0 Å². The van der Waals surface area contributed by atoms with Gasteiger partial charge in [0.2, 0.25) is 5.91 Å². The van der Waals surface area contributed by atoms with Gasteiger partial charge >= 0.3 is 0 Å². The summed E-state index contributed by atoms with van der Waals surface area (Å²) >= 11 is 0. The van der Waals surface area contributed by atoms with Crippen LogP contribution in [0.15, 0.2) is 18.2 Å². The van der Waals surface area contributed by atoms with E-state index in [1.165, 1.54) is 26.0 Å². The summed E-state index contributed by atoms with van der Waals surface area (Å²) in [5.41, 5.74) is 0.617. The molecule has 0 heterocycles. The first-order valence-corrected chi connectivity index (χ1v) is 5.43. The minimum Gasteiger partial charge on any atom is -0.326 e. The van der Waals surface area contributed by atoms with Gasteiger partial charge in [0, 0.05) is 12.5 Å². The highest BCUT2D eigenvalue weighted by atomic mass is 16.2. The van der Waals surface area contributed by atoms with Gasteiger partial charge in [-0.3, -0.25) is 19.2 Å². The number of benzene rings is 1. The molecule has 92 valence electrons. The number of hydrogen-bond donors (Lipinski definition) is 1. The van der Waals surface area contributed by atoms with Crippen LogP contribution in [0.5, 0.6) is 0 Å². The molecular formula is C13H11NO4. The molecule has 0 saturated carbocycles. The van der Waals surface area contributed by atoms with Gasteiger partial charge in [-0.05, 0) is 13.0 Å². The minimum atomic E-state index is -1.25. The highest BCUT2D eigenvalue weighted by Gasteiger charge is 2.42. The molecule has 1 N–H and O–H groups in total. The van der Waals surface area contributed by atoms with Crippen molar-refractivity contribution in [2.45, 2.75) is 13.8 Å². The number of anilines is 1. The van der Waals surface area contributed by atoms with Crippen molar-refractivity contribution in [1.82, 2.24) is 0 Å². The maximum atomic E-state index is 12.1. The van der Waals surface area contributed by atoms with E-state index in [2.05, 4.69) is 5.32 Å². The molecule has 0 spiro atoms. The van der Waals surface area contributed by atoms with Crippen LogP contribution < -0.4 is 5.32 Å². The topological polar surface area (TPSA) is 80.3 Å². The van der Waals surface area contributed by atoms with E-state index in [1.54, 1.807) is 6.07 Å². The molecule has 0 saturated heterocycles. The standard InChI is InChI=1S/C13H11NO4/c1-6(15)10-12(17)8-4-3-5-9(14-7(2)16)11(8)13(10)18/h3-5,10H,1-2H3,(H,14,16)/t10-/m0/s1.